The van der Waals surface area contributed by atoms with Crippen molar-refractivity contribution in [3.05, 3.63) is 42.2 Å². The zero-order valence-electron chi connectivity index (χ0n) is 12.4. The molecule has 3 unspecified atom stereocenters. The van der Waals surface area contributed by atoms with Gasteiger partial charge in [-0.25, -0.2) is 0 Å². The Balaban J connectivity index is 2.00. The Bertz CT molecular complexity index is 585. The van der Waals surface area contributed by atoms with Crippen LogP contribution in [0.5, 0.6) is 0 Å². The lowest BCUT2D eigenvalue weighted by molar-refractivity contribution is 0.233. The Morgan fingerprint density at radius 1 is 1.20 bits per heavy atom. The summed E-state index contributed by atoms with van der Waals surface area (Å²) >= 11 is 0. The second-order valence-corrected chi connectivity index (χ2v) is 6.53. The van der Waals surface area contributed by atoms with Crippen LogP contribution in [0.3, 0.4) is 0 Å². The predicted molar refractivity (Wildman–Crippen MR) is 84.6 cm³/mol. The Morgan fingerprint density at radius 2 is 2.05 bits per heavy atom. The maximum absolute atomic E-state index is 6.44. The van der Waals surface area contributed by atoms with Gasteiger partial charge < -0.3 is 5.73 Å². The van der Waals surface area contributed by atoms with E-state index in [1.54, 1.807) is 0 Å². The summed E-state index contributed by atoms with van der Waals surface area (Å²) in [7, 11) is 0. The van der Waals surface area contributed by atoms with E-state index >= 15 is 0 Å². The van der Waals surface area contributed by atoms with Crippen molar-refractivity contribution < 1.29 is 0 Å². The number of fused-ring (bicyclic) bond motifs is 1. The molecule has 2 nitrogen and oxygen atoms in total. The normalized spacial score (nSPS) is 27.1. The van der Waals surface area contributed by atoms with Crippen molar-refractivity contribution in [1.29, 1.82) is 0 Å². The molecule has 3 atom stereocenters. The highest BCUT2D eigenvalue weighted by Crippen LogP contribution is 2.40. The summed E-state index contributed by atoms with van der Waals surface area (Å²) in [5.41, 5.74) is 7.84. The van der Waals surface area contributed by atoms with Crippen LogP contribution in [0.1, 0.15) is 44.6 Å². The third-order valence-corrected chi connectivity index (χ3v) is 5.00. The van der Waals surface area contributed by atoms with E-state index in [0.717, 1.165) is 18.3 Å². The summed E-state index contributed by atoms with van der Waals surface area (Å²) in [5.74, 6) is 2.02. The molecule has 2 aromatic rings. The van der Waals surface area contributed by atoms with Crippen LogP contribution in [-0.2, 0) is 0 Å². The first-order valence-corrected chi connectivity index (χ1v) is 7.75. The molecule has 0 aliphatic heterocycles. The average Bonchev–Trinajstić information content (AvgIpc) is 2.47. The zero-order valence-corrected chi connectivity index (χ0v) is 12.4. The van der Waals surface area contributed by atoms with Crippen molar-refractivity contribution in [3.8, 4) is 0 Å². The van der Waals surface area contributed by atoms with Gasteiger partial charge in [0, 0.05) is 23.8 Å². The lowest BCUT2D eigenvalue weighted by atomic mass is 9.71. The third kappa shape index (κ3) is 2.45. The standard InChI is InChI=1S/C18H24N2/c1-12(2)14-6-7-18(19)16(10-14)15-5-3-4-13-8-9-20-11-17(13)15/h3-5,8-9,11-12,14,16,18H,6-7,10,19H2,1-2H3. The molecule has 1 aliphatic carbocycles. The SMILES string of the molecule is CC(C)C1CCC(N)C(c2cccc3ccncc23)C1. The molecule has 0 spiro atoms. The number of nitrogens with two attached hydrogens (primary N) is 1. The van der Waals surface area contributed by atoms with E-state index in [9.17, 15) is 0 Å². The number of hydrogen-bond acceptors (Lipinski definition) is 2. The molecule has 1 heterocycles. The van der Waals surface area contributed by atoms with Crippen molar-refractivity contribution >= 4 is 10.8 Å². The fourth-order valence-electron chi connectivity index (χ4n) is 3.65. The minimum atomic E-state index is 0.288. The Hall–Kier alpha value is -1.41. The molecule has 1 aromatic heterocycles. The largest absolute Gasteiger partial charge is 0.327 e. The lowest BCUT2D eigenvalue weighted by Crippen LogP contribution is -2.36. The first-order chi connectivity index (χ1) is 9.66. The molecule has 0 saturated heterocycles. The molecule has 1 fully saturated rings. The van der Waals surface area contributed by atoms with Gasteiger partial charge in [-0.15, -0.1) is 0 Å². The van der Waals surface area contributed by atoms with Crippen molar-refractivity contribution in [3.63, 3.8) is 0 Å². The first kappa shape index (κ1) is 13.6. The van der Waals surface area contributed by atoms with Crippen LogP contribution >= 0.6 is 0 Å². The van der Waals surface area contributed by atoms with Crippen LogP contribution in [0.4, 0.5) is 0 Å². The summed E-state index contributed by atoms with van der Waals surface area (Å²) in [6.45, 7) is 4.67. The van der Waals surface area contributed by atoms with Gasteiger partial charge in [0.1, 0.15) is 0 Å². The average molecular weight is 268 g/mol. The van der Waals surface area contributed by atoms with Gasteiger partial charge in [0.25, 0.3) is 0 Å². The number of rotatable bonds is 2. The second kappa shape index (κ2) is 5.53. The maximum atomic E-state index is 6.44. The molecule has 2 heteroatoms. The van der Waals surface area contributed by atoms with Crippen molar-refractivity contribution in [2.45, 2.75) is 45.1 Å². The van der Waals surface area contributed by atoms with Crippen LogP contribution in [-0.4, -0.2) is 11.0 Å². The molecule has 106 valence electrons. The van der Waals surface area contributed by atoms with E-state index in [4.69, 9.17) is 5.73 Å². The lowest BCUT2D eigenvalue weighted by Gasteiger charge is -2.36. The number of benzene rings is 1. The maximum Gasteiger partial charge on any atom is 0.0349 e. The number of aromatic nitrogens is 1. The highest BCUT2D eigenvalue weighted by Gasteiger charge is 2.31. The monoisotopic (exact) mass is 268 g/mol. The Labute approximate surface area is 121 Å². The smallest absolute Gasteiger partial charge is 0.0349 e. The van der Waals surface area contributed by atoms with E-state index < -0.39 is 0 Å². The molecule has 1 aliphatic rings. The fraction of sp³-hybridized carbons (Fsp3) is 0.500. The predicted octanol–water partition coefficient (Wildman–Crippen LogP) is 4.10. The molecule has 1 saturated carbocycles. The van der Waals surface area contributed by atoms with Crippen molar-refractivity contribution in [2.75, 3.05) is 0 Å². The molecule has 20 heavy (non-hydrogen) atoms. The highest BCUT2D eigenvalue weighted by molar-refractivity contribution is 5.85. The van der Waals surface area contributed by atoms with Gasteiger partial charge in [0.15, 0.2) is 0 Å². The fourth-order valence-corrected chi connectivity index (χ4v) is 3.65. The van der Waals surface area contributed by atoms with Crippen LogP contribution < -0.4 is 5.73 Å². The molecular weight excluding hydrogens is 244 g/mol. The number of hydrogen-bond donors (Lipinski definition) is 1. The minimum absolute atomic E-state index is 0.288. The Morgan fingerprint density at radius 3 is 2.85 bits per heavy atom. The van der Waals surface area contributed by atoms with Crippen molar-refractivity contribution in [2.24, 2.45) is 17.6 Å². The van der Waals surface area contributed by atoms with Gasteiger partial charge in [-0.3, -0.25) is 4.98 Å². The molecule has 0 radical (unpaired) electrons. The molecule has 0 amide bonds. The Kier molecular flexibility index (Phi) is 3.75. The number of pyridine rings is 1. The first-order valence-electron chi connectivity index (χ1n) is 7.75. The van der Waals surface area contributed by atoms with Crippen LogP contribution in [0.15, 0.2) is 36.7 Å². The highest BCUT2D eigenvalue weighted by atomic mass is 14.7. The second-order valence-electron chi connectivity index (χ2n) is 6.53. The topological polar surface area (TPSA) is 38.9 Å². The van der Waals surface area contributed by atoms with Crippen LogP contribution in [0.2, 0.25) is 0 Å². The summed E-state index contributed by atoms with van der Waals surface area (Å²) < 4.78 is 0. The van der Waals surface area contributed by atoms with Crippen LogP contribution in [0, 0.1) is 11.8 Å². The van der Waals surface area contributed by atoms with Gasteiger partial charge in [-0.2, -0.15) is 0 Å². The van der Waals surface area contributed by atoms with E-state index in [1.165, 1.54) is 29.2 Å². The van der Waals surface area contributed by atoms with E-state index in [-0.39, 0.29) is 6.04 Å². The molecule has 3 rings (SSSR count). The van der Waals surface area contributed by atoms with Crippen LogP contribution in [0.25, 0.3) is 10.8 Å². The van der Waals surface area contributed by atoms with E-state index in [0.29, 0.717) is 5.92 Å². The molecular formula is C18H24N2. The van der Waals surface area contributed by atoms with Crippen molar-refractivity contribution in [1.82, 2.24) is 4.98 Å². The zero-order chi connectivity index (χ0) is 14.1. The van der Waals surface area contributed by atoms with Gasteiger partial charge in [-0.05, 0) is 54.0 Å². The third-order valence-electron chi connectivity index (χ3n) is 5.00. The van der Waals surface area contributed by atoms with E-state index in [2.05, 4.69) is 43.1 Å². The van der Waals surface area contributed by atoms with E-state index in [1.807, 2.05) is 12.4 Å². The quantitative estimate of drug-likeness (QED) is 0.890. The summed E-state index contributed by atoms with van der Waals surface area (Å²) in [6.07, 6.45) is 7.50. The summed E-state index contributed by atoms with van der Waals surface area (Å²) in [6, 6.07) is 8.94. The summed E-state index contributed by atoms with van der Waals surface area (Å²) in [5, 5.41) is 2.55. The van der Waals surface area contributed by atoms with Gasteiger partial charge in [-0.1, -0.05) is 32.0 Å². The summed E-state index contributed by atoms with van der Waals surface area (Å²) in [4.78, 5) is 4.31. The molecule has 0 bridgehead atoms. The van der Waals surface area contributed by atoms with Gasteiger partial charge in [0.05, 0.1) is 0 Å². The number of nitrogens with zero attached hydrogens (tertiary/aromatic N) is 1. The molecule has 2 N–H and O–H groups in total. The van der Waals surface area contributed by atoms with Gasteiger partial charge >= 0.3 is 0 Å². The van der Waals surface area contributed by atoms with Gasteiger partial charge in [0.2, 0.25) is 0 Å². The molecule has 1 aromatic carbocycles. The minimum Gasteiger partial charge on any atom is -0.327 e.